The van der Waals surface area contributed by atoms with Gasteiger partial charge < -0.3 is 10.5 Å². The van der Waals surface area contributed by atoms with Gasteiger partial charge in [-0.1, -0.05) is 36.5 Å². The standard InChI is InChI=1S/C17H14Cl2N4OS/c1-2-3-4-24-14-6-10(12(18)7-13(14)19)15-11-5-9(8-20)25-16(11)23-17(21)22-15/h5-7H,2-4H2,1H3,(H2,21,22,23). The van der Waals surface area contributed by atoms with Crippen LogP contribution in [-0.4, -0.2) is 16.6 Å². The van der Waals surface area contributed by atoms with Crippen LogP contribution in [0.25, 0.3) is 21.5 Å². The molecule has 5 nitrogen and oxygen atoms in total. The lowest BCUT2D eigenvalue weighted by Crippen LogP contribution is -1.99. The van der Waals surface area contributed by atoms with E-state index in [2.05, 4.69) is 23.0 Å². The van der Waals surface area contributed by atoms with Crippen molar-refractivity contribution >= 4 is 50.7 Å². The van der Waals surface area contributed by atoms with Crippen molar-refractivity contribution < 1.29 is 4.74 Å². The minimum atomic E-state index is 0.119. The maximum absolute atomic E-state index is 9.14. The Labute approximate surface area is 159 Å². The molecule has 0 amide bonds. The molecule has 0 bridgehead atoms. The maximum atomic E-state index is 9.14. The number of hydrogen-bond donors (Lipinski definition) is 1. The van der Waals surface area contributed by atoms with Crippen LogP contribution in [0.4, 0.5) is 5.95 Å². The van der Waals surface area contributed by atoms with Gasteiger partial charge in [-0.3, -0.25) is 0 Å². The number of benzene rings is 1. The van der Waals surface area contributed by atoms with E-state index in [1.165, 1.54) is 11.3 Å². The highest BCUT2D eigenvalue weighted by molar-refractivity contribution is 7.19. The van der Waals surface area contributed by atoms with Gasteiger partial charge in [0.05, 0.1) is 22.3 Å². The second kappa shape index (κ2) is 7.44. The third kappa shape index (κ3) is 3.64. The van der Waals surface area contributed by atoms with Gasteiger partial charge in [-0.15, -0.1) is 11.3 Å². The molecule has 128 valence electrons. The predicted molar refractivity (Wildman–Crippen MR) is 102 cm³/mol. The van der Waals surface area contributed by atoms with Crippen molar-refractivity contribution in [2.45, 2.75) is 19.8 Å². The molecular weight excluding hydrogens is 379 g/mol. The van der Waals surface area contributed by atoms with Gasteiger partial charge in [0.25, 0.3) is 0 Å². The number of thiophene rings is 1. The van der Waals surface area contributed by atoms with Crippen molar-refractivity contribution in [3.8, 4) is 23.1 Å². The van der Waals surface area contributed by atoms with Crippen molar-refractivity contribution in [3.63, 3.8) is 0 Å². The van der Waals surface area contributed by atoms with Crippen LogP contribution >= 0.6 is 34.5 Å². The average Bonchev–Trinajstić information content (AvgIpc) is 2.99. The van der Waals surface area contributed by atoms with Gasteiger partial charge in [0, 0.05) is 10.9 Å². The highest BCUT2D eigenvalue weighted by Gasteiger charge is 2.17. The predicted octanol–water partition coefficient (Wildman–Crippen LogP) is 5.30. The molecular formula is C17H14Cl2N4OS. The summed E-state index contributed by atoms with van der Waals surface area (Å²) in [6.07, 6.45) is 1.95. The molecule has 0 aliphatic rings. The molecule has 2 aromatic heterocycles. The highest BCUT2D eigenvalue weighted by Crippen LogP contribution is 2.40. The van der Waals surface area contributed by atoms with Gasteiger partial charge in [-0.05, 0) is 24.6 Å². The number of nitrogens with zero attached hydrogens (tertiary/aromatic N) is 3. The Hall–Kier alpha value is -2.07. The molecule has 0 radical (unpaired) electrons. The minimum Gasteiger partial charge on any atom is -0.492 e. The van der Waals surface area contributed by atoms with Gasteiger partial charge in [0.1, 0.15) is 21.5 Å². The molecule has 0 unspecified atom stereocenters. The average molecular weight is 393 g/mol. The molecule has 0 aliphatic carbocycles. The molecule has 2 N–H and O–H groups in total. The lowest BCUT2D eigenvalue weighted by molar-refractivity contribution is 0.309. The van der Waals surface area contributed by atoms with Gasteiger partial charge in [0.2, 0.25) is 5.95 Å². The van der Waals surface area contributed by atoms with E-state index in [1.54, 1.807) is 18.2 Å². The topological polar surface area (TPSA) is 84.8 Å². The summed E-state index contributed by atoms with van der Waals surface area (Å²) in [4.78, 5) is 9.69. The summed E-state index contributed by atoms with van der Waals surface area (Å²) in [7, 11) is 0. The number of rotatable bonds is 5. The summed E-state index contributed by atoms with van der Waals surface area (Å²) in [5.41, 5.74) is 7.03. The number of aromatic nitrogens is 2. The molecule has 2 heterocycles. The van der Waals surface area contributed by atoms with Crippen molar-refractivity contribution in [1.29, 1.82) is 5.26 Å². The Morgan fingerprint density at radius 1 is 1.24 bits per heavy atom. The van der Waals surface area contributed by atoms with Crippen molar-refractivity contribution in [2.24, 2.45) is 0 Å². The fraction of sp³-hybridized carbons (Fsp3) is 0.235. The van der Waals surface area contributed by atoms with Crippen molar-refractivity contribution in [2.75, 3.05) is 12.3 Å². The second-order valence-corrected chi connectivity index (χ2v) is 7.18. The Bertz CT molecular complexity index is 981. The van der Waals surface area contributed by atoms with Crippen LogP contribution in [0.2, 0.25) is 10.0 Å². The van der Waals surface area contributed by atoms with E-state index < -0.39 is 0 Å². The smallest absolute Gasteiger partial charge is 0.221 e. The molecule has 3 rings (SSSR count). The van der Waals surface area contributed by atoms with Crippen LogP contribution in [-0.2, 0) is 0 Å². The summed E-state index contributed by atoms with van der Waals surface area (Å²) < 4.78 is 5.75. The van der Waals surface area contributed by atoms with Gasteiger partial charge in [-0.2, -0.15) is 5.26 Å². The first-order valence-corrected chi connectivity index (χ1v) is 9.20. The van der Waals surface area contributed by atoms with E-state index in [-0.39, 0.29) is 5.95 Å². The van der Waals surface area contributed by atoms with E-state index in [0.29, 0.717) is 43.4 Å². The monoisotopic (exact) mass is 392 g/mol. The summed E-state index contributed by atoms with van der Waals surface area (Å²) in [5, 5.41) is 10.7. The number of anilines is 1. The van der Waals surface area contributed by atoms with E-state index in [9.17, 15) is 0 Å². The molecule has 0 saturated heterocycles. The molecule has 0 atom stereocenters. The molecule has 25 heavy (non-hydrogen) atoms. The first-order valence-electron chi connectivity index (χ1n) is 7.62. The maximum Gasteiger partial charge on any atom is 0.221 e. The lowest BCUT2D eigenvalue weighted by atomic mass is 10.1. The molecule has 0 spiro atoms. The third-order valence-electron chi connectivity index (χ3n) is 3.55. The normalized spacial score (nSPS) is 10.8. The Kier molecular flexibility index (Phi) is 5.28. The Balaban J connectivity index is 2.15. The van der Waals surface area contributed by atoms with Crippen LogP contribution in [0.1, 0.15) is 24.6 Å². The number of ether oxygens (including phenoxy) is 1. The van der Waals surface area contributed by atoms with Crippen molar-refractivity contribution in [3.05, 3.63) is 33.1 Å². The van der Waals surface area contributed by atoms with Gasteiger partial charge >= 0.3 is 0 Å². The molecule has 0 fully saturated rings. The van der Waals surface area contributed by atoms with E-state index in [0.717, 1.165) is 18.2 Å². The number of nitrogens with two attached hydrogens (primary N) is 1. The van der Waals surface area contributed by atoms with E-state index in [1.807, 2.05) is 0 Å². The van der Waals surface area contributed by atoms with Gasteiger partial charge in [-0.25, -0.2) is 9.97 Å². The fourth-order valence-electron chi connectivity index (χ4n) is 2.35. The molecule has 0 aliphatic heterocycles. The van der Waals surface area contributed by atoms with Crippen LogP contribution in [0.15, 0.2) is 18.2 Å². The van der Waals surface area contributed by atoms with Crippen molar-refractivity contribution in [1.82, 2.24) is 9.97 Å². The zero-order chi connectivity index (χ0) is 18.0. The lowest BCUT2D eigenvalue weighted by Gasteiger charge is -2.12. The van der Waals surface area contributed by atoms with Crippen LogP contribution in [0.3, 0.4) is 0 Å². The fourth-order valence-corrected chi connectivity index (χ4v) is 3.71. The highest BCUT2D eigenvalue weighted by atomic mass is 35.5. The molecule has 0 saturated carbocycles. The SMILES string of the molecule is CCCCOc1cc(-c2nc(N)nc3sc(C#N)cc23)c(Cl)cc1Cl. The number of fused-ring (bicyclic) bond motifs is 1. The van der Waals surface area contributed by atoms with E-state index >= 15 is 0 Å². The summed E-state index contributed by atoms with van der Waals surface area (Å²) in [5.74, 6) is 0.656. The van der Waals surface area contributed by atoms with E-state index in [4.69, 9.17) is 38.9 Å². The first kappa shape index (κ1) is 17.7. The number of unbranched alkanes of at least 4 members (excludes halogenated alkanes) is 1. The zero-order valence-corrected chi connectivity index (χ0v) is 15.7. The zero-order valence-electron chi connectivity index (χ0n) is 13.3. The first-order chi connectivity index (χ1) is 12.0. The molecule has 8 heteroatoms. The van der Waals surface area contributed by atoms with Crippen LogP contribution in [0.5, 0.6) is 5.75 Å². The number of hydrogen-bond acceptors (Lipinski definition) is 6. The van der Waals surface area contributed by atoms with Gasteiger partial charge in [0.15, 0.2) is 0 Å². The molecule has 3 aromatic rings. The minimum absolute atomic E-state index is 0.119. The van der Waals surface area contributed by atoms with Crippen LogP contribution in [0, 0.1) is 11.3 Å². The summed E-state index contributed by atoms with van der Waals surface area (Å²) >= 11 is 13.9. The summed E-state index contributed by atoms with van der Waals surface area (Å²) in [6, 6.07) is 7.23. The Morgan fingerprint density at radius 2 is 2.04 bits per heavy atom. The number of nitriles is 1. The van der Waals surface area contributed by atoms with Crippen LogP contribution < -0.4 is 10.5 Å². The summed E-state index contributed by atoms with van der Waals surface area (Å²) in [6.45, 7) is 2.65. The third-order valence-corrected chi connectivity index (χ3v) is 5.09. The second-order valence-electron chi connectivity index (χ2n) is 5.34. The number of halogens is 2. The largest absolute Gasteiger partial charge is 0.492 e. The molecule has 1 aromatic carbocycles. The number of nitrogen functional groups attached to an aromatic ring is 1. The quantitative estimate of drug-likeness (QED) is 0.595. The Morgan fingerprint density at radius 3 is 2.76 bits per heavy atom.